The molecule has 0 aromatic carbocycles. The van der Waals surface area contributed by atoms with Crippen molar-refractivity contribution in [3.05, 3.63) is 13.8 Å². The van der Waals surface area contributed by atoms with Gasteiger partial charge in [0.1, 0.15) is 0 Å². The Kier molecular flexibility index (Phi) is 9.92. The Balaban J connectivity index is -0.0000000457. The fourth-order valence-corrected chi connectivity index (χ4v) is 0. The quantitative estimate of drug-likeness (QED) is 0.540. The number of rotatable bonds is 0. The molecule has 0 N–H and O–H groups in total. The van der Waals surface area contributed by atoms with E-state index in [-0.39, 0.29) is 32.0 Å². The zero-order valence-electron chi connectivity index (χ0n) is 8.99. The van der Waals surface area contributed by atoms with Crippen LogP contribution in [0.4, 0.5) is 0 Å². The second kappa shape index (κ2) is 6.19. The van der Waals surface area contributed by atoms with E-state index in [0.717, 1.165) is 0 Å². The van der Waals surface area contributed by atoms with Crippen LogP contribution in [0.1, 0.15) is 43.0 Å². The fourth-order valence-electron chi connectivity index (χ4n) is 0. The Morgan fingerprint density at radius 2 is 0.727 bits per heavy atom. The predicted octanol–water partition coefficient (Wildman–Crippen LogP) is 3.60. The van der Waals surface area contributed by atoms with Gasteiger partial charge < -0.3 is 0 Å². The summed E-state index contributed by atoms with van der Waals surface area (Å²) in [5.41, 5.74) is 0.500. The van der Waals surface area contributed by atoms with E-state index in [1.807, 2.05) is 0 Å². The molecule has 0 nitrogen and oxygen atoms in total. The largest absolute Gasteiger partial charge is 0.0602 e. The van der Waals surface area contributed by atoms with E-state index in [1.54, 1.807) is 0 Å². The van der Waals surface area contributed by atoms with Crippen molar-refractivity contribution in [3.63, 3.8) is 0 Å². The van der Waals surface area contributed by atoms with Crippen LogP contribution < -0.4 is 0 Å². The molecule has 0 aromatic heterocycles. The van der Waals surface area contributed by atoms with E-state index in [2.05, 4.69) is 55.4 Å². The van der Waals surface area contributed by atoms with Crippen molar-refractivity contribution in [3.8, 4) is 0 Å². The Labute approximate surface area is 87.7 Å². The molecule has 0 aliphatic rings. The van der Waals surface area contributed by atoms with Crippen LogP contribution in [0, 0.1) is 24.7 Å². The van der Waals surface area contributed by atoms with Crippen LogP contribution in [0.3, 0.4) is 0 Å². The maximum absolute atomic E-state index is 3.77. The number of hydrogen-bond acceptors (Lipinski definition) is 0. The Bertz CT molecular complexity index is 52.8. The summed E-state index contributed by atoms with van der Waals surface area (Å²) in [5, 5.41) is 0. The molecule has 0 saturated carbocycles. The van der Waals surface area contributed by atoms with Crippen LogP contribution in [-0.2, 0) is 0 Å². The summed E-state index contributed by atoms with van der Waals surface area (Å²) in [6.07, 6.45) is 0. The minimum Gasteiger partial charge on any atom is -0.0602 e. The zero-order chi connectivity index (χ0) is 9.00. The van der Waals surface area contributed by atoms with Crippen LogP contribution in [-0.4, -0.2) is 19.8 Å². The monoisotopic (exact) mass is 213 g/mol. The predicted molar refractivity (Wildman–Crippen MR) is 57.5 cm³/mol. The molecule has 0 heterocycles. The maximum Gasteiger partial charge on any atom is 0 e. The van der Waals surface area contributed by atoms with E-state index in [1.165, 1.54) is 0 Å². The first-order chi connectivity index (χ1) is 4.00. The molecule has 67 valence electrons. The van der Waals surface area contributed by atoms with E-state index in [4.69, 9.17) is 0 Å². The smallest absolute Gasteiger partial charge is 0 e. The first-order valence-electron chi connectivity index (χ1n) is 3.71. The van der Waals surface area contributed by atoms with Gasteiger partial charge in [0.15, 0.2) is 0 Å². The second-order valence-corrected chi connectivity index (χ2v) is 5.12. The van der Waals surface area contributed by atoms with E-state index < -0.39 is 0 Å². The normalized spacial score (nSPS) is 10.9. The van der Waals surface area contributed by atoms with Crippen molar-refractivity contribution in [2.75, 3.05) is 0 Å². The summed E-state index contributed by atoms with van der Waals surface area (Å²) in [7, 11) is 0. The van der Waals surface area contributed by atoms with E-state index >= 15 is 0 Å². The van der Waals surface area contributed by atoms with Gasteiger partial charge in [-0.25, -0.2) is 0 Å². The van der Waals surface area contributed by atoms with Crippen molar-refractivity contribution in [2.24, 2.45) is 10.8 Å². The van der Waals surface area contributed by atoms with Crippen LogP contribution in [0.25, 0.3) is 0 Å². The van der Waals surface area contributed by atoms with Crippen molar-refractivity contribution in [2.45, 2.75) is 41.5 Å². The molecule has 0 spiro atoms. The Morgan fingerprint density at radius 3 is 0.727 bits per heavy atom. The Morgan fingerprint density at radius 1 is 0.727 bits per heavy atom. The van der Waals surface area contributed by atoms with Gasteiger partial charge in [-0.2, -0.15) is 0 Å². The zero-order valence-corrected chi connectivity index (χ0v) is 11.4. The molecule has 0 atom stereocenters. The molecule has 0 amide bonds. The van der Waals surface area contributed by atoms with Crippen LogP contribution >= 0.6 is 0 Å². The molecule has 0 bridgehead atoms. The fraction of sp³-hybridized carbons (Fsp3) is 0.800. The van der Waals surface area contributed by atoms with Crippen LogP contribution in [0.2, 0.25) is 0 Å². The van der Waals surface area contributed by atoms with Gasteiger partial charge >= 0.3 is 0 Å². The number of hydrogen-bond donors (Lipinski definition) is 0. The third-order valence-electron chi connectivity index (χ3n) is 0. The van der Waals surface area contributed by atoms with E-state index in [0.29, 0.717) is 0 Å². The summed E-state index contributed by atoms with van der Waals surface area (Å²) in [6, 6.07) is 0. The van der Waals surface area contributed by atoms with Crippen molar-refractivity contribution in [1.29, 1.82) is 0 Å². The summed E-state index contributed by atoms with van der Waals surface area (Å²) in [6.45, 7) is 20.0. The van der Waals surface area contributed by atoms with E-state index in [9.17, 15) is 0 Å². The maximum atomic E-state index is 3.77. The van der Waals surface area contributed by atoms with Gasteiger partial charge in [-0.15, -0.1) is 0 Å². The molecule has 0 aromatic rings. The average Bonchev–Trinajstić information content (AvgIpc) is 1.12. The summed E-state index contributed by atoms with van der Waals surface area (Å²) >= 11 is 0. The molecule has 1 heteroatoms. The third-order valence-corrected chi connectivity index (χ3v) is 0. The molecule has 0 saturated heterocycles. The molecule has 0 aliphatic heterocycles. The van der Waals surface area contributed by atoms with Gasteiger partial charge in [0, 0.05) is 21.2 Å². The molecule has 11 heavy (non-hydrogen) atoms. The van der Waals surface area contributed by atoms with Crippen molar-refractivity contribution in [1.82, 2.24) is 0 Å². The van der Waals surface area contributed by atoms with Crippen molar-refractivity contribution < 1.29 is 1.43 Å². The molecule has 5 radical (unpaired) electrons. The first kappa shape index (κ1) is 17.6. The van der Waals surface area contributed by atoms with Gasteiger partial charge in [-0.1, -0.05) is 41.5 Å². The summed E-state index contributed by atoms with van der Waals surface area (Å²) in [4.78, 5) is 0. The molecular formula is C10H24Ga. The third kappa shape index (κ3) is 1960. The van der Waals surface area contributed by atoms with Gasteiger partial charge in [0.05, 0.1) is 0 Å². The standard InChI is InChI=1S/2C5H11.Ga.H2/c2*1-5(2,3)4;;/h2*1H2,2-4H3;;1H. The summed E-state index contributed by atoms with van der Waals surface area (Å²) < 4.78 is 0. The minimum absolute atomic E-state index is 0. The van der Waals surface area contributed by atoms with Crippen LogP contribution in [0.5, 0.6) is 0 Å². The van der Waals surface area contributed by atoms with Gasteiger partial charge in [-0.3, -0.25) is 0 Å². The molecule has 0 aliphatic carbocycles. The van der Waals surface area contributed by atoms with Crippen molar-refractivity contribution >= 4 is 19.8 Å². The second-order valence-electron chi connectivity index (χ2n) is 5.12. The molecular weight excluding hydrogens is 190 g/mol. The summed E-state index contributed by atoms with van der Waals surface area (Å²) in [5.74, 6) is 0. The molecule has 0 fully saturated rings. The molecule has 0 rings (SSSR count). The van der Waals surface area contributed by atoms with Gasteiger partial charge in [0.25, 0.3) is 0 Å². The SMILES string of the molecule is [CH2]C(C)(C)C.[CH2]C(C)(C)C.[Ga].[HH]. The van der Waals surface area contributed by atoms with Crippen LogP contribution in [0.15, 0.2) is 0 Å². The first-order valence-corrected chi connectivity index (χ1v) is 3.71. The van der Waals surface area contributed by atoms with Gasteiger partial charge in [0.2, 0.25) is 0 Å². The minimum atomic E-state index is 0. The average molecular weight is 214 g/mol. The topological polar surface area (TPSA) is 0 Å². The molecule has 0 unspecified atom stereocenters. The Hall–Kier alpha value is 0.636. The van der Waals surface area contributed by atoms with Gasteiger partial charge in [-0.05, 0) is 24.7 Å².